The summed E-state index contributed by atoms with van der Waals surface area (Å²) in [5.74, 6) is -1.29. The minimum atomic E-state index is -1.29. The van der Waals surface area contributed by atoms with Crippen molar-refractivity contribution in [1.29, 1.82) is 5.26 Å². The maximum absolute atomic E-state index is 11.3. The molecule has 1 unspecified atom stereocenters. The molecule has 2 saturated heterocycles. The Labute approximate surface area is 175 Å². The molecule has 2 aliphatic rings. The van der Waals surface area contributed by atoms with Gasteiger partial charge in [-0.15, -0.1) is 0 Å². The summed E-state index contributed by atoms with van der Waals surface area (Å²) in [5.41, 5.74) is 1.81. The number of anilines is 1. The lowest BCUT2D eigenvalue weighted by Crippen LogP contribution is -2.29. The van der Waals surface area contributed by atoms with Crippen molar-refractivity contribution in [1.82, 2.24) is 9.80 Å². The van der Waals surface area contributed by atoms with Crippen molar-refractivity contribution in [2.24, 2.45) is 0 Å². The van der Waals surface area contributed by atoms with E-state index in [0.717, 1.165) is 30.4 Å². The van der Waals surface area contributed by atoms with Gasteiger partial charge in [0.15, 0.2) is 11.8 Å². The summed E-state index contributed by atoms with van der Waals surface area (Å²) in [6.07, 6.45) is 4.32. The van der Waals surface area contributed by atoms with E-state index >= 15 is 0 Å². The van der Waals surface area contributed by atoms with Crippen LogP contribution < -0.4 is 5.32 Å². The van der Waals surface area contributed by atoms with Crippen molar-refractivity contribution in [3.63, 3.8) is 0 Å². The highest BCUT2D eigenvalue weighted by molar-refractivity contribution is 8.07. The first kappa shape index (κ1) is 21.2. The Morgan fingerprint density at radius 1 is 1.34 bits per heavy atom. The van der Waals surface area contributed by atoms with Gasteiger partial charge in [0.1, 0.15) is 11.1 Å². The average Bonchev–Trinajstić information content (AvgIpc) is 3.34. The molecule has 29 heavy (non-hydrogen) atoms. The van der Waals surface area contributed by atoms with E-state index in [1.165, 1.54) is 36.4 Å². The zero-order valence-corrected chi connectivity index (χ0v) is 17.3. The third kappa shape index (κ3) is 5.12. The number of carbonyl (C=O) groups is 1. The fourth-order valence-electron chi connectivity index (χ4n) is 3.51. The molecule has 154 valence electrons. The third-order valence-electron chi connectivity index (χ3n) is 5.16. The molecule has 2 fully saturated rings. The first-order valence-corrected chi connectivity index (χ1v) is 10.6. The number of benzene rings is 1. The molecule has 3 rings (SSSR count). The van der Waals surface area contributed by atoms with E-state index in [2.05, 4.69) is 22.3 Å². The predicted molar refractivity (Wildman–Crippen MR) is 114 cm³/mol. The number of aliphatic hydroxyl groups excluding tert-OH is 1. The highest BCUT2D eigenvalue weighted by Gasteiger charge is 2.35. The lowest BCUT2D eigenvalue weighted by atomic mass is 10.1. The number of aliphatic carboxylic acids is 1. The molecule has 1 aromatic rings. The molecule has 3 N–H and O–H groups in total. The van der Waals surface area contributed by atoms with E-state index in [9.17, 15) is 15.0 Å². The van der Waals surface area contributed by atoms with E-state index in [1.807, 2.05) is 12.1 Å². The van der Waals surface area contributed by atoms with E-state index in [4.69, 9.17) is 5.26 Å². The second kappa shape index (κ2) is 9.83. The first-order chi connectivity index (χ1) is 14.0. The van der Waals surface area contributed by atoms with Crippen molar-refractivity contribution in [3.8, 4) is 6.07 Å². The summed E-state index contributed by atoms with van der Waals surface area (Å²) in [6.45, 7) is 5.69. The molecule has 0 bridgehead atoms. The van der Waals surface area contributed by atoms with Gasteiger partial charge >= 0.3 is 5.97 Å². The van der Waals surface area contributed by atoms with Gasteiger partial charge in [-0.25, -0.2) is 4.79 Å². The molecule has 0 spiro atoms. The molecular formula is C21H26N4O3S. The van der Waals surface area contributed by atoms with Crippen LogP contribution in [0.2, 0.25) is 0 Å². The summed E-state index contributed by atoms with van der Waals surface area (Å²) in [5, 5.41) is 32.3. The summed E-state index contributed by atoms with van der Waals surface area (Å²) >= 11 is 1.10. The number of likely N-dealkylation sites (N-methyl/N-ethyl adjacent to an activating group) is 1. The maximum Gasteiger partial charge on any atom is 0.349 e. The normalized spacial score (nSPS) is 22.7. The first-order valence-electron chi connectivity index (χ1n) is 9.81. The number of carboxylic acids is 1. The number of nitrogens with zero attached hydrogens (tertiary/aromatic N) is 3. The lowest BCUT2D eigenvalue weighted by molar-refractivity contribution is -0.132. The number of rotatable bonds is 7. The van der Waals surface area contributed by atoms with Crippen LogP contribution in [0.3, 0.4) is 0 Å². The van der Waals surface area contributed by atoms with Gasteiger partial charge < -0.3 is 25.3 Å². The van der Waals surface area contributed by atoms with Crippen LogP contribution in [0.5, 0.6) is 0 Å². The zero-order chi connectivity index (χ0) is 20.8. The molecule has 0 aromatic heterocycles. The van der Waals surface area contributed by atoms with Crippen LogP contribution in [0.15, 0.2) is 46.0 Å². The molecule has 2 heterocycles. The van der Waals surface area contributed by atoms with Crippen molar-refractivity contribution >= 4 is 23.4 Å². The van der Waals surface area contributed by atoms with Gasteiger partial charge in [-0.3, -0.25) is 0 Å². The summed E-state index contributed by atoms with van der Waals surface area (Å²) in [7, 11) is 0. The topological polar surface area (TPSA) is 99.8 Å². The second-order valence-electron chi connectivity index (χ2n) is 7.05. The maximum atomic E-state index is 11.3. The van der Waals surface area contributed by atoms with Crippen LogP contribution >= 0.6 is 11.8 Å². The Hall–Kier alpha value is -2.47. The number of likely N-dealkylation sites (tertiary alicyclic amines) is 1. The Morgan fingerprint density at radius 2 is 2.03 bits per heavy atom. The Morgan fingerprint density at radius 3 is 2.62 bits per heavy atom. The number of hydrogen-bond donors (Lipinski definition) is 3. The monoisotopic (exact) mass is 414 g/mol. The number of nitriles is 1. The van der Waals surface area contributed by atoms with Gasteiger partial charge in [0.25, 0.3) is 0 Å². The zero-order valence-electron chi connectivity index (χ0n) is 16.5. The molecule has 7 nitrogen and oxygen atoms in total. The van der Waals surface area contributed by atoms with Crippen LogP contribution in [0.25, 0.3) is 0 Å². The number of thioether (sulfide) groups is 1. The third-order valence-corrected chi connectivity index (χ3v) is 6.35. The standard InChI is InChI=1S/C21H26N4O3S/c1-2-25-19(26)18(29-20(25)17(13-22)21(27)28)14-23-16-7-5-15(6-8-16)9-12-24-10-3-4-11-24/h5-8,14,19,23,26H,2-4,9-12H2,1H3,(H,27,28)/b18-14-,20-17-. The van der Waals surface area contributed by atoms with Gasteiger partial charge in [0, 0.05) is 25.0 Å². The quantitative estimate of drug-likeness (QED) is 0.463. The van der Waals surface area contributed by atoms with E-state index in [-0.39, 0.29) is 10.6 Å². The van der Waals surface area contributed by atoms with E-state index in [1.54, 1.807) is 19.2 Å². The van der Waals surface area contributed by atoms with Crippen LogP contribution in [0.1, 0.15) is 25.3 Å². The average molecular weight is 415 g/mol. The lowest BCUT2D eigenvalue weighted by Gasteiger charge is -2.21. The number of nitrogens with one attached hydrogen (secondary N) is 1. The van der Waals surface area contributed by atoms with Crippen LogP contribution in [0, 0.1) is 11.3 Å². The number of hydrogen-bond acceptors (Lipinski definition) is 7. The molecule has 1 atom stereocenters. The molecule has 0 saturated carbocycles. The van der Waals surface area contributed by atoms with Crippen molar-refractivity contribution in [2.45, 2.75) is 32.4 Å². The molecule has 0 radical (unpaired) electrons. The van der Waals surface area contributed by atoms with Crippen molar-refractivity contribution < 1.29 is 15.0 Å². The van der Waals surface area contributed by atoms with E-state index < -0.39 is 12.2 Å². The van der Waals surface area contributed by atoms with Crippen molar-refractivity contribution in [2.75, 3.05) is 31.5 Å². The second-order valence-corrected chi connectivity index (χ2v) is 8.11. The molecule has 0 amide bonds. The predicted octanol–water partition coefficient (Wildman–Crippen LogP) is 2.79. The molecule has 2 aliphatic heterocycles. The largest absolute Gasteiger partial charge is 0.477 e. The van der Waals surface area contributed by atoms with Crippen LogP contribution in [-0.2, 0) is 11.2 Å². The van der Waals surface area contributed by atoms with Crippen LogP contribution in [-0.4, -0.2) is 58.4 Å². The fraction of sp³-hybridized carbons (Fsp3) is 0.429. The number of aliphatic hydroxyl groups is 1. The van der Waals surface area contributed by atoms with E-state index in [0.29, 0.717) is 11.4 Å². The van der Waals surface area contributed by atoms with Gasteiger partial charge in [-0.05, 0) is 57.0 Å². The highest BCUT2D eigenvalue weighted by atomic mass is 32.2. The summed E-state index contributed by atoms with van der Waals surface area (Å²) in [4.78, 5) is 15.8. The van der Waals surface area contributed by atoms with Gasteiger partial charge in [0.2, 0.25) is 0 Å². The number of carboxylic acid groups (broad SMARTS) is 1. The fourth-order valence-corrected chi connectivity index (χ4v) is 4.66. The Balaban J connectivity index is 1.64. The van der Waals surface area contributed by atoms with Gasteiger partial charge in [-0.2, -0.15) is 5.26 Å². The molecular weight excluding hydrogens is 388 g/mol. The van der Waals surface area contributed by atoms with Crippen molar-refractivity contribution in [3.05, 3.63) is 51.5 Å². The minimum Gasteiger partial charge on any atom is -0.477 e. The minimum absolute atomic E-state index is 0.264. The molecule has 0 aliphatic carbocycles. The van der Waals surface area contributed by atoms with Gasteiger partial charge in [-0.1, -0.05) is 23.9 Å². The summed E-state index contributed by atoms with van der Waals surface area (Å²) in [6, 6.07) is 9.89. The summed E-state index contributed by atoms with van der Waals surface area (Å²) < 4.78 is 0. The van der Waals surface area contributed by atoms with Crippen LogP contribution in [0.4, 0.5) is 5.69 Å². The SMILES string of the molecule is CCN1/C(=C(\C#N)C(=O)O)S/C(=C\Nc2ccc(CCN3CCCC3)cc2)C1O. The highest BCUT2D eigenvalue weighted by Crippen LogP contribution is 2.42. The van der Waals surface area contributed by atoms with Gasteiger partial charge in [0.05, 0.1) is 4.91 Å². The smallest absolute Gasteiger partial charge is 0.349 e. The molecule has 8 heteroatoms. The Bertz CT molecular complexity index is 838. The Kier molecular flexibility index (Phi) is 7.20. The molecule has 1 aromatic carbocycles.